The maximum absolute atomic E-state index is 13.1. The first kappa shape index (κ1) is 19.2. The molecule has 2 aromatic rings. The summed E-state index contributed by atoms with van der Waals surface area (Å²) in [4.78, 5) is 29.6. The molecular weight excluding hydrogens is 374 g/mol. The van der Waals surface area contributed by atoms with Gasteiger partial charge < -0.3 is 14.4 Å². The third kappa shape index (κ3) is 4.13. The summed E-state index contributed by atoms with van der Waals surface area (Å²) in [5.74, 6) is 0.0474. The van der Waals surface area contributed by atoms with E-state index in [9.17, 15) is 9.59 Å². The van der Waals surface area contributed by atoms with Crippen molar-refractivity contribution in [3.05, 3.63) is 57.3 Å². The van der Waals surface area contributed by atoms with Crippen LogP contribution in [0.4, 0.5) is 0 Å². The molecule has 0 bridgehead atoms. The number of amides is 1. The van der Waals surface area contributed by atoms with E-state index >= 15 is 0 Å². The average Bonchev–Trinajstić information content (AvgIpc) is 3.16. The third-order valence-electron chi connectivity index (χ3n) is 5.40. The Hall–Kier alpha value is -2.18. The van der Waals surface area contributed by atoms with Crippen molar-refractivity contribution < 1.29 is 19.1 Å². The van der Waals surface area contributed by atoms with Crippen LogP contribution in [-0.2, 0) is 27.1 Å². The van der Waals surface area contributed by atoms with Crippen LogP contribution in [0.2, 0.25) is 0 Å². The van der Waals surface area contributed by atoms with Gasteiger partial charge in [0.1, 0.15) is 4.88 Å². The van der Waals surface area contributed by atoms with E-state index in [-0.39, 0.29) is 5.91 Å². The highest BCUT2D eigenvalue weighted by Gasteiger charge is 2.32. The zero-order chi connectivity index (χ0) is 19.5. The normalized spacial score (nSPS) is 20.3. The number of benzene rings is 1. The van der Waals surface area contributed by atoms with Crippen LogP contribution >= 0.6 is 11.3 Å². The van der Waals surface area contributed by atoms with E-state index in [1.807, 2.05) is 36.4 Å². The van der Waals surface area contributed by atoms with Crippen molar-refractivity contribution in [2.45, 2.75) is 32.3 Å². The molecule has 0 saturated carbocycles. The molecule has 0 unspecified atom stereocenters. The molecule has 0 radical (unpaired) electrons. The van der Waals surface area contributed by atoms with Gasteiger partial charge in [-0.15, -0.1) is 11.3 Å². The van der Waals surface area contributed by atoms with Gasteiger partial charge in [-0.2, -0.15) is 0 Å². The lowest BCUT2D eigenvalue weighted by Crippen LogP contribution is -2.44. The number of esters is 1. The number of rotatable bonds is 4. The highest BCUT2D eigenvalue weighted by molar-refractivity contribution is 7.14. The fourth-order valence-electron chi connectivity index (χ4n) is 3.81. The Kier molecular flexibility index (Phi) is 5.78. The quantitative estimate of drug-likeness (QED) is 0.737. The zero-order valence-corrected chi connectivity index (χ0v) is 16.9. The van der Waals surface area contributed by atoms with Crippen LogP contribution in [0, 0.1) is 5.92 Å². The SMILES string of the molecule is C[C@@H]1CCc2sc(C(=O)O[C@H](C(=O)N3CCOCC3)c3ccccc3)cc2C1. The lowest BCUT2D eigenvalue weighted by molar-refractivity contribution is -0.145. The van der Waals surface area contributed by atoms with Gasteiger partial charge in [0.2, 0.25) is 6.10 Å². The van der Waals surface area contributed by atoms with Crippen molar-refractivity contribution >= 4 is 23.2 Å². The van der Waals surface area contributed by atoms with Gasteiger partial charge in [0, 0.05) is 23.5 Å². The number of carbonyl (C=O) groups is 2. The Bertz CT molecular complexity index is 841. The molecule has 1 aliphatic carbocycles. The predicted molar refractivity (Wildman–Crippen MR) is 108 cm³/mol. The Morgan fingerprint density at radius 2 is 1.96 bits per heavy atom. The van der Waals surface area contributed by atoms with Gasteiger partial charge in [0.15, 0.2) is 0 Å². The largest absolute Gasteiger partial charge is 0.443 e. The molecule has 2 atom stereocenters. The van der Waals surface area contributed by atoms with Crippen molar-refractivity contribution in [3.63, 3.8) is 0 Å². The highest BCUT2D eigenvalue weighted by atomic mass is 32.1. The van der Waals surface area contributed by atoms with Crippen molar-refractivity contribution in [2.24, 2.45) is 5.92 Å². The minimum Gasteiger partial charge on any atom is -0.443 e. The molecule has 28 heavy (non-hydrogen) atoms. The van der Waals surface area contributed by atoms with E-state index in [0.29, 0.717) is 42.7 Å². The first-order valence-corrected chi connectivity index (χ1v) is 10.7. The number of nitrogens with zero attached hydrogens (tertiary/aromatic N) is 1. The van der Waals surface area contributed by atoms with Crippen LogP contribution in [0.25, 0.3) is 0 Å². The van der Waals surface area contributed by atoms with E-state index in [1.165, 1.54) is 21.8 Å². The number of hydrogen-bond acceptors (Lipinski definition) is 5. The molecule has 1 saturated heterocycles. The van der Waals surface area contributed by atoms with E-state index in [2.05, 4.69) is 6.92 Å². The van der Waals surface area contributed by atoms with Gasteiger partial charge in [-0.1, -0.05) is 37.3 Å². The van der Waals surface area contributed by atoms with Crippen molar-refractivity contribution in [1.82, 2.24) is 4.90 Å². The summed E-state index contributed by atoms with van der Waals surface area (Å²) in [7, 11) is 0. The van der Waals surface area contributed by atoms with Gasteiger partial charge in [-0.05, 0) is 36.8 Å². The molecule has 2 heterocycles. The van der Waals surface area contributed by atoms with Crippen LogP contribution in [0.15, 0.2) is 36.4 Å². The van der Waals surface area contributed by atoms with Gasteiger partial charge in [0.25, 0.3) is 5.91 Å². The lowest BCUT2D eigenvalue weighted by atomic mass is 9.90. The summed E-state index contributed by atoms with van der Waals surface area (Å²) >= 11 is 1.51. The highest BCUT2D eigenvalue weighted by Crippen LogP contribution is 2.33. The first-order valence-electron chi connectivity index (χ1n) is 9.86. The Balaban J connectivity index is 1.55. The molecule has 148 valence electrons. The second kappa shape index (κ2) is 8.45. The van der Waals surface area contributed by atoms with Crippen LogP contribution in [-0.4, -0.2) is 43.1 Å². The number of hydrogen-bond donors (Lipinski definition) is 0. The zero-order valence-electron chi connectivity index (χ0n) is 16.1. The Morgan fingerprint density at radius 3 is 2.71 bits per heavy atom. The number of aryl methyl sites for hydroxylation is 1. The summed E-state index contributed by atoms with van der Waals surface area (Å²) in [6, 6.07) is 11.2. The van der Waals surface area contributed by atoms with E-state index in [0.717, 1.165) is 19.3 Å². The van der Waals surface area contributed by atoms with Crippen LogP contribution in [0.3, 0.4) is 0 Å². The molecule has 0 N–H and O–H groups in total. The summed E-state index contributed by atoms with van der Waals surface area (Å²) < 4.78 is 11.1. The summed E-state index contributed by atoms with van der Waals surface area (Å²) in [6.07, 6.45) is 2.26. The van der Waals surface area contributed by atoms with Gasteiger partial charge in [-0.3, -0.25) is 4.79 Å². The summed E-state index contributed by atoms with van der Waals surface area (Å²) in [6.45, 7) is 4.30. The standard InChI is InChI=1S/C22H25NO4S/c1-15-7-8-18-17(13-15)14-19(28-18)22(25)27-20(16-5-3-2-4-6-16)21(24)23-9-11-26-12-10-23/h2-6,14-15,20H,7-13H2,1H3/t15-,20+/m1/s1. The van der Waals surface area contributed by atoms with Crippen molar-refractivity contribution in [1.29, 1.82) is 0 Å². The molecule has 1 fully saturated rings. The number of carbonyl (C=O) groups excluding carboxylic acids is 2. The smallest absolute Gasteiger partial charge is 0.349 e. The van der Waals surface area contributed by atoms with Crippen molar-refractivity contribution in [2.75, 3.05) is 26.3 Å². The molecule has 4 rings (SSSR count). The molecule has 6 heteroatoms. The maximum atomic E-state index is 13.1. The minimum absolute atomic E-state index is 0.183. The molecule has 1 amide bonds. The second-order valence-electron chi connectivity index (χ2n) is 7.54. The van der Waals surface area contributed by atoms with Crippen LogP contribution < -0.4 is 0 Å². The number of morpholine rings is 1. The second-order valence-corrected chi connectivity index (χ2v) is 8.68. The van der Waals surface area contributed by atoms with Gasteiger partial charge >= 0.3 is 5.97 Å². The summed E-state index contributed by atoms with van der Waals surface area (Å²) in [5.41, 5.74) is 1.95. The lowest BCUT2D eigenvalue weighted by Gasteiger charge is -2.30. The molecule has 0 spiro atoms. The van der Waals surface area contributed by atoms with Gasteiger partial charge in [0.05, 0.1) is 13.2 Å². The topological polar surface area (TPSA) is 55.8 Å². The number of ether oxygens (including phenoxy) is 2. The molecule has 5 nitrogen and oxygen atoms in total. The Morgan fingerprint density at radius 1 is 1.21 bits per heavy atom. The molecule has 1 aliphatic heterocycles. The van der Waals surface area contributed by atoms with E-state index in [1.54, 1.807) is 4.90 Å². The van der Waals surface area contributed by atoms with E-state index < -0.39 is 12.1 Å². The molecule has 1 aromatic carbocycles. The average molecular weight is 400 g/mol. The third-order valence-corrected chi connectivity index (χ3v) is 6.62. The maximum Gasteiger partial charge on any atom is 0.349 e. The number of thiophene rings is 1. The summed E-state index contributed by atoms with van der Waals surface area (Å²) in [5, 5.41) is 0. The molecule has 2 aliphatic rings. The first-order chi connectivity index (χ1) is 13.6. The van der Waals surface area contributed by atoms with Crippen molar-refractivity contribution in [3.8, 4) is 0 Å². The monoisotopic (exact) mass is 399 g/mol. The fourth-order valence-corrected chi connectivity index (χ4v) is 4.90. The molecular formula is C22H25NO4S. The minimum atomic E-state index is -0.926. The van der Waals surface area contributed by atoms with Crippen LogP contribution in [0.5, 0.6) is 0 Å². The molecule has 1 aromatic heterocycles. The number of fused-ring (bicyclic) bond motifs is 1. The Labute approximate surface area is 169 Å². The van der Waals surface area contributed by atoms with Gasteiger partial charge in [-0.25, -0.2) is 4.79 Å². The predicted octanol–water partition coefficient (Wildman–Crippen LogP) is 3.63. The fraction of sp³-hybridized carbons (Fsp3) is 0.455. The van der Waals surface area contributed by atoms with Crippen LogP contribution in [0.1, 0.15) is 45.1 Å². The van der Waals surface area contributed by atoms with E-state index in [4.69, 9.17) is 9.47 Å².